The van der Waals surface area contributed by atoms with Crippen LogP contribution in [0.1, 0.15) is 5.69 Å². The van der Waals surface area contributed by atoms with Gasteiger partial charge in [0, 0.05) is 42.7 Å². The zero-order chi connectivity index (χ0) is 21.1. The lowest BCUT2D eigenvalue weighted by molar-refractivity contribution is -0.127. The van der Waals surface area contributed by atoms with Crippen LogP contribution in [0.5, 0.6) is 0 Å². The van der Waals surface area contributed by atoms with E-state index in [0.717, 1.165) is 34.6 Å². The van der Waals surface area contributed by atoms with E-state index in [1.54, 1.807) is 18.5 Å². The zero-order valence-corrected chi connectivity index (χ0v) is 17.9. The summed E-state index contributed by atoms with van der Waals surface area (Å²) >= 11 is 6.50. The standard InChI is InChI=1S/C23H24ClN5O/c1-27(2)13-5-8-21(30)28-14-15-29-20(16-28)22(17-9-11-25-12-10-17)23(26-29)18-6-3-4-7-19(18)24/h3-12H,13-16H2,1-2H3/b8-5+. The number of nitrogens with zero attached hydrogens (tertiary/aromatic N) is 5. The van der Waals surface area contributed by atoms with E-state index in [9.17, 15) is 4.79 Å². The summed E-state index contributed by atoms with van der Waals surface area (Å²) in [6.45, 7) is 2.50. The van der Waals surface area contributed by atoms with E-state index >= 15 is 0 Å². The average molecular weight is 422 g/mol. The predicted octanol–water partition coefficient (Wildman–Crippen LogP) is 3.73. The fourth-order valence-corrected chi connectivity index (χ4v) is 3.86. The van der Waals surface area contributed by atoms with Gasteiger partial charge in [-0.2, -0.15) is 5.10 Å². The van der Waals surface area contributed by atoms with Crippen LogP contribution in [0.15, 0.2) is 60.9 Å². The maximum absolute atomic E-state index is 12.7. The molecule has 3 aromatic rings. The monoisotopic (exact) mass is 421 g/mol. The molecule has 0 N–H and O–H groups in total. The molecule has 0 unspecified atom stereocenters. The number of likely N-dealkylation sites (N-methyl/N-ethyl adjacent to an activating group) is 1. The highest BCUT2D eigenvalue weighted by molar-refractivity contribution is 6.33. The second-order valence-corrected chi connectivity index (χ2v) is 7.94. The molecule has 2 aromatic heterocycles. The number of hydrogen-bond donors (Lipinski definition) is 0. The molecule has 0 saturated heterocycles. The Bertz CT molecular complexity index is 1070. The molecule has 1 aromatic carbocycles. The van der Waals surface area contributed by atoms with E-state index in [1.807, 2.05) is 71.1 Å². The molecule has 4 rings (SSSR count). The number of amides is 1. The van der Waals surface area contributed by atoms with Crippen molar-refractivity contribution in [2.75, 3.05) is 27.2 Å². The van der Waals surface area contributed by atoms with Gasteiger partial charge in [0.1, 0.15) is 5.69 Å². The Kier molecular flexibility index (Phi) is 5.97. The lowest BCUT2D eigenvalue weighted by Gasteiger charge is -2.27. The summed E-state index contributed by atoms with van der Waals surface area (Å²) in [6, 6.07) is 11.7. The molecule has 1 amide bonds. The van der Waals surface area contributed by atoms with Gasteiger partial charge >= 0.3 is 0 Å². The van der Waals surface area contributed by atoms with Crippen molar-refractivity contribution < 1.29 is 4.79 Å². The van der Waals surface area contributed by atoms with Gasteiger partial charge in [-0.15, -0.1) is 0 Å². The Morgan fingerprint density at radius 3 is 2.67 bits per heavy atom. The van der Waals surface area contributed by atoms with Gasteiger partial charge < -0.3 is 9.80 Å². The largest absolute Gasteiger partial charge is 0.331 e. The van der Waals surface area contributed by atoms with Gasteiger partial charge in [-0.05, 0) is 37.9 Å². The lowest BCUT2D eigenvalue weighted by atomic mass is 9.99. The maximum Gasteiger partial charge on any atom is 0.246 e. The first-order valence-electron chi connectivity index (χ1n) is 9.89. The summed E-state index contributed by atoms with van der Waals surface area (Å²) in [5.74, 6) is 0.0178. The average Bonchev–Trinajstić information content (AvgIpc) is 3.12. The highest BCUT2D eigenvalue weighted by atomic mass is 35.5. The van der Waals surface area contributed by atoms with E-state index in [1.165, 1.54) is 0 Å². The summed E-state index contributed by atoms with van der Waals surface area (Å²) < 4.78 is 2.00. The summed E-state index contributed by atoms with van der Waals surface area (Å²) in [7, 11) is 3.96. The number of carbonyl (C=O) groups is 1. The molecule has 0 saturated carbocycles. The number of halogens is 1. The fourth-order valence-electron chi connectivity index (χ4n) is 3.64. The molecule has 3 heterocycles. The quantitative estimate of drug-likeness (QED) is 0.589. The number of hydrogen-bond acceptors (Lipinski definition) is 4. The van der Waals surface area contributed by atoms with Crippen LogP contribution in [-0.2, 0) is 17.9 Å². The molecule has 6 nitrogen and oxygen atoms in total. The molecule has 0 radical (unpaired) electrons. The molecule has 30 heavy (non-hydrogen) atoms. The molecule has 154 valence electrons. The molecule has 0 spiro atoms. The Labute approximate surface area is 181 Å². The summed E-state index contributed by atoms with van der Waals surface area (Å²) in [4.78, 5) is 20.8. The van der Waals surface area contributed by atoms with Crippen LogP contribution in [-0.4, -0.2) is 57.7 Å². The van der Waals surface area contributed by atoms with Gasteiger partial charge in [0.15, 0.2) is 0 Å². The van der Waals surface area contributed by atoms with Gasteiger partial charge in [-0.3, -0.25) is 14.5 Å². The zero-order valence-electron chi connectivity index (χ0n) is 17.1. The van der Waals surface area contributed by atoms with Crippen molar-refractivity contribution in [3.8, 4) is 22.4 Å². The third kappa shape index (κ3) is 4.15. The summed E-state index contributed by atoms with van der Waals surface area (Å²) in [5.41, 5.74) is 4.74. The van der Waals surface area contributed by atoms with Crippen molar-refractivity contribution in [3.05, 3.63) is 71.7 Å². The molecule has 0 bridgehead atoms. The van der Waals surface area contributed by atoms with Crippen molar-refractivity contribution in [1.29, 1.82) is 0 Å². The van der Waals surface area contributed by atoms with E-state index in [2.05, 4.69) is 4.98 Å². The van der Waals surface area contributed by atoms with Gasteiger partial charge in [0.2, 0.25) is 5.91 Å². The topological polar surface area (TPSA) is 54.3 Å². The molecule has 7 heteroatoms. The van der Waals surface area contributed by atoms with Crippen LogP contribution < -0.4 is 0 Å². The van der Waals surface area contributed by atoms with Crippen LogP contribution in [0.25, 0.3) is 22.4 Å². The van der Waals surface area contributed by atoms with Crippen LogP contribution in [0.3, 0.4) is 0 Å². The van der Waals surface area contributed by atoms with Crippen molar-refractivity contribution in [2.45, 2.75) is 13.1 Å². The van der Waals surface area contributed by atoms with Crippen LogP contribution in [0, 0.1) is 0 Å². The van der Waals surface area contributed by atoms with E-state index in [-0.39, 0.29) is 5.91 Å². The number of benzene rings is 1. The second kappa shape index (κ2) is 8.81. The molecule has 0 atom stereocenters. The molecule has 1 aliphatic heterocycles. The van der Waals surface area contributed by atoms with E-state index < -0.39 is 0 Å². The summed E-state index contributed by atoms with van der Waals surface area (Å²) in [6.07, 6.45) is 7.09. The number of pyridine rings is 1. The predicted molar refractivity (Wildman–Crippen MR) is 119 cm³/mol. The van der Waals surface area contributed by atoms with Crippen LogP contribution >= 0.6 is 11.6 Å². The first kappa shape index (κ1) is 20.3. The first-order valence-corrected chi connectivity index (χ1v) is 10.3. The van der Waals surface area contributed by atoms with Crippen molar-refractivity contribution in [1.82, 2.24) is 24.6 Å². The number of carbonyl (C=O) groups excluding carboxylic acids is 1. The van der Waals surface area contributed by atoms with E-state index in [0.29, 0.717) is 24.7 Å². The number of rotatable bonds is 5. The molecular weight excluding hydrogens is 398 g/mol. The lowest BCUT2D eigenvalue weighted by Crippen LogP contribution is -2.37. The van der Waals surface area contributed by atoms with E-state index in [4.69, 9.17) is 16.7 Å². The molecular formula is C23H24ClN5O. The minimum atomic E-state index is 0.0178. The van der Waals surface area contributed by atoms with Crippen molar-refractivity contribution >= 4 is 17.5 Å². The molecule has 0 fully saturated rings. The normalized spacial score (nSPS) is 13.8. The first-order chi connectivity index (χ1) is 14.5. The van der Waals surface area contributed by atoms with Gasteiger partial charge in [0.05, 0.1) is 23.8 Å². The Hall–Kier alpha value is -2.96. The fraction of sp³-hybridized carbons (Fsp3) is 0.261. The summed E-state index contributed by atoms with van der Waals surface area (Å²) in [5, 5.41) is 5.54. The van der Waals surface area contributed by atoms with Gasteiger partial charge in [-0.25, -0.2) is 0 Å². The number of fused-ring (bicyclic) bond motifs is 1. The Morgan fingerprint density at radius 2 is 1.93 bits per heavy atom. The third-order valence-electron chi connectivity index (χ3n) is 5.12. The van der Waals surface area contributed by atoms with Crippen molar-refractivity contribution in [3.63, 3.8) is 0 Å². The SMILES string of the molecule is CN(C)C/C=C/C(=O)N1CCn2nc(-c3ccccc3Cl)c(-c3ccncc3)c2C1. The minimum Gasteiger partial charge on any atom is -0.331 e. The van der Waals surface area contributed by atoms with Crippen LogP contribution in [0.2, 0.25) is 5.02 Å². The van der Waals surface area contributed by atoms with Gasteiger partial charge in [-0.1, -0.05) is 35.9 Å². The smallest absolute Gasteiger partial charge is 0.246 e. The second-order valence-electron chi connectivity index (χ2n) is 7.53. The molecule has 0 aliphatic carbocycles. The van der Waals surface area contributed by atoms with Crippen LogP contribution in [0.4, 0.5) is 0 Å². The maximum atomic E-state index is 12.7. The highest BCUT2D eigenvalue weighted by Crippen LogP contribution is 2.38. The minimum absolute atomic E-state index is 0.0178. The Balaban J connectivity index is 1.74. The molecule has 1 aliphatic rings. The third-order valence-corrected chi connectivity index (χ3v) is 5.45. The van der Waals surface area contributed by atoms with Crippen molar-refractivity contribution in [2.24, 2.45) is 0 Å². The van der Waals surface area contributed by atoms with Gasteiger partial charge in [0.25, 0.3) is 0 Å². The Morgan fingerprint density at radius 1 is 1.17 bits per heavy atom. The number of aromatic nitrogens is 3. The highest BCUT2D eigenvalue weighted by Gasteiger charge is 2.27.